The van der Waals surface area contributed by atoms with Gasteiger partial charge < -0.3 is 5.32 Å². The molecular weight excluding hydrogens is 248 g/mol. The zero-order valence-corrected chi connectivity index (χ0v) is 11.6. The van der Waals surface area contributed by atoms with Crippen LogP contribution in [0.1, 0.15) is 16.6 Å². The molecule has 1 heterocycles. The summed E-state index contributed by atoms with van der Waals surface area (Å²) in [6.07, 6.45) is 4.91. The number of hydrogen-bond donors (Lipinski definition) is 1. The summed E-state index contributed by atoms with van der Waals surface area (Å²) in [6.45, 7) is 0. The van der Waals surface area contributed by atoms with E-state index >= 15 is 0 Å². The zero-order chi connectivity index (χ0) is 12.1. The van der Waals surface area contributed by atoms with Crippen molar-refractivity contribution < 1.29 is 0 Å². The van der Waals surface area contributed by atoms with Crippen LogP contribution in [-0.2, 0) is 6.42 Å². The number of benzene rings is 1. The minimum atomic E-state index is 0.344. The number of likely N-dealkylation sites (N-methyl/N-ethyl adjacent to an activating group) is 1. The molecule has 0 bridgehead atoms. The molecule has 1 N–H and O–H groups in total. The molecule has 1 atom stereocenters. The summed E-state index contributed by atoms with van der Waals surface area (Å²) < 4.78 is 0. The van der Waals surface area contributed by atoms with Crippen LogP contribution in [0.4, 0.5) is 0 Å². The second-order valence-electron chi connectivity index (χ2n) is 3.74. The van der Waals surface area contributed by atoms with Crippen molar-refractivity contribution in [3.8, 4) is 0 Å². The van der Waals surface area contributed by atoms with Crippen LogP contribution in [0.5, 0.6) is 0 Å². The van der Waals surface area contributed by atoms with Gasteiger partial charge in [-0.1, -0.05) is 12.1 Å². The van der Waals surface area contributed by atoms with E-state index in [0.29, 0.717) is 6.04 Å². The average Bonchev–Trinajstić information content (AvgIpc) is 2.89. The van der Waals surface area contributed by atoms with Crippen LogP contribution in [0.25, 0.3) is 0 Å². The van der Waals surface area contributed by atoms with Crippen molar-refractivity contribution in [3.05, 3.63) is 46.4 Å². The smallest absolute Gasteiger partial charge is 0.0943 e. The van der Waals surface area contributed by atoms with Gasteiger partial charge in [0.1, 0.15) is 0 Å². The molecule has 0 saturated carbocycles. The predicted molar refractivity (Wildman–Crippen MR) is 75.8 cm³/mol. The Bertz CT molecular complexity index is 437. The molecule has 0 aliphatic rings. The molecule has 90 valence electrons. The van der Waals surface area contributed by atoms with Crippen LogP contribution < -0.4 is 5.32 Å². The third kappa shape index (κ3) is 3.31. The van der Waals surface area contributed by atoms with Gasteiger partial charge in [-0.2, -0.15) is 0 Å². The monoisotopic (exact) mass is 264 g/mol. The molecule has 0 saturated heterocycles. The van der Waals surface area contributed by atoms with Gasteiger partial charge in [-0.15, -0.1) is 23.1 Å². The number of nitrogens with zero attached hydrogens (tertiary/aromatic N) is 1. The summed E-state index contributed by atoms with van der Waals surface area (Å²) in [5.74, 6) is 0. The molecule has 0 spiro atoms. The fraction of sp³-hybridized carbons (Fsp3) is 0.308. The third-order valence-corrected chi connectivity index (χ3v) is 4.27. The summed E-state index contributed by atoms with van der Waals surface area (Å²) in [5.41, 5.74) is 1.32. The number of hydrogen-bond acceptors (Lipinski definition) is 4. The second-order valence-corrected chi connectivity index (χ2v) is 5.60. The summed E-state index contributed by atoms with van der Waals surface area (Å²) in [7, 11) is 2.00. The van der Waals surface area contributed by atoms with E-state index in [9.17, 15) is 0 Å². The van der Waals surface area contributed by atoms with Crippen LogP contribution in [0, 0.1) is 0 Å². The SMILES string of the molecule is CNC(Cc1nccs1)c1ccc(SC)cc1. The number of thiazole rings is 1. The fourth-order valence-corrected chi connectivity index (χ4v) is 2.82. The summed E-state index contributed by atoms with van der Waals surface area (Å²) in [4.78, 5) is 5.64. The highest BCUT2D eigenvalue weighted by Gasteiger charge is 2.11. The van der Waals surface area contributed by atoms with Gasteiger partial charge in [0.25, 0.3) is 0 Å². The van der Waals surface area contributed by atoms with Gasteiger partial charge in [0.15, 0.2) is 0 Å². The highest BCUT2D eigenvalue weighted by molar-refractivity contribution is 7.98. The maximum absolute atomic E-state index is 4.34. The van der Waals surface area contributed by atoms with E-state index in [4.69, 9.17) is 0 Å². The number of thioether (sulfide) groups is 1. The van der Waals surface area contributed by atoms with Crippen LogP contribution in [0.3, 0.4) is 0 Å². The first-order chi connectivity index (χ1) is 8.33. The molecule has 1 aromatic carbocycles. The summed E-state index contributed by atoms with van der Waals surface area (Å²) in [5, 5.41) is 6.56. The minimum absolute atomic E-state index is 0.344. The first-order valence-electron chi connectivity index (χ1n) is 5.53. The zero-order valence-electron chi connectivity index (χ0n) is 10.0. The van der Waals surface area contributed by atoms with E-state index in [-0.39, 0.29) is 0 Å². The molecule has 4 heteroatoms. The van der Waals surface area contributed by atoms with Gasteiger partial charge in [0, 0.05) is 28.9 Å². The lowest BCUT2D eigenvalue weighted by Gasteiger charge is -2.15. The highest BCUT2D eigenvalue weighted by Crippen LogP contribution is 2.22. The molecule has 0 radical (unpaired) electrons. The van der Waals surface area contributed by atoms with Crippen LogP contribution >= 0.6 is 23.1 Å². The summed E-state index contributed by atoms with van der Waals surface area (Å²) >= 11 is 3.49. The molecule has 1 unspecified atom stereocenters. The Hall–Kier alpha value is -0.840. The lowest BCUT2D eigenvalue weighted by atomic mass is 10.0. The van der Waals surface area contributed by atoms with Gasteiger partial charge in [0.05, 0.1) is 5.01 Å². The summed E-state index contributed by atoms with van der Waals surface area (Å²) in [6, 6.07) is 9.08. The van der Waals surface area contributed by atoms with Gasteiger partial charge in [0.2, 0.25) is 0 Å². The molecule has 1 aromatic heterocycles. The molecule has 0 aliphatic carbocycles. The Balaban J connectivity index is 2.11. The van der Waals surface area contributed by atoms with Crippen LogP contribution in [0.15, 0.2) is 40.7 Å². The maximum atomic E-state index is 4.34. The van der Waals surface area contributed by atoms with E-state index in [0.717, 1.165) is 6.42 Å². The van der Waals surface area contributed by atoms with E-state index in [1.54, 1.807) is 23.1 Å². The average molecular weight is 264 g/mol. The Morgan fingerprint density at radius 3 is 2.65 bits per heavy atom. The standard InChI is InChI=1S/C13H16N2S2/c1-14-12(9-13-15-7-8-17-13)10-3-5-11(16-2)6-4-10/h3-8,12,14H,9H2,1-2H3. The van der Waals surface area contributed by atoms with Crippen LogP contribution in [0.2, 0.25) is 0 Å². The fourth-order valence-electron chi connectivity index (χ4n) is 1.75. The topological polar surface area (TPSA) is 24.9 Å². The number of nitrogens with one attached hydrogen (secondary N) is 1. The second kappa shape index (κ2) is 6.19. The van der Waals surface area contributed by atoms with Crippen molar-refractivity contribution in [2.45, 2.75) is 17.4 Å². The first kappa shape index (κ1) is 12.6. The normalized spacial score (nSPS) is 12.6. The van der Waals surface area contributed by atoms with Crippen molar-refractivity contribution in [2.75, 3.05) is 13.3 Å². The Labute approximate surface area is 110 Å². The molecule has 2 rings (SSSR count). The van der Waals surface area contributed by atoms with Crippen molar-refractivity contribution in [2.24, 2.45) is 0 Å². The number of aromatic nitrogens is 1. The van der Waals surface area contributed by atoms with E-state index in [2.05, 4.69) is 40.8 Å². The van der Waals surface area contributed by atoms with E-state index < -0.39 is 0 Å². The van der Waals surface area contributed by atoms with E-state index in [1.165, 1.54) is 15.5 Å². The molecule has 2 nitrogen and oxygen atoms in total. The lowest BCUT2D eigenvalue weighted by Crippen LogP contribution is -2.18. The largest absolute Gasteiger partial charge is 0.313 e. The highest BCUT2D eigenvalue weighted by atomic mass is 32.2. The van der Waals surface area contributed by atoms with Crippen molar-refractivity contribution in [1.29, 1.82) is 0 Å². The molecule has 2 aromatic rings. The van der Waals surface area contributed by atoms with Crippen LogP contribution in [-0.4, -0.2) is 18.3 Å². The Morgan fingerprint density at radius 1 is 1.35 bits per heavy atom. The van der Waals surface area contributed by atoms with Gasteiger partial charge in [-0.05, 0) is 31.0 Å². The van der Waals surface area contributed by atoms with Crippen molar-refractivity contribution in [1.82, 2.24) is 10.3 Å². The molecule has 0 aliphatic heterocycles. The molecule has 0 fully saturated rings. The molecule has 0 amide bonds. The number of rotatable bonds is 5. The van der Waals surface area contributed by atoms with Crippen molar-refractivity contribution in [3.63, 3.8) is 0 Å². The predicted octanol–water partition coefficient (Wildman–Crippen LogP) is 3.37. The maximum Gasteiger partial charge on any atom is 0.0943 e. The Kier molecular flexibility index (Phi) is 4.59. The molecular formula is C13H16N2S2. The lowest BCUT2D eigenvalue weighted by molar-refractivity contribution is 0.590. The first-order valence-corrected chi connectivity index (χ1v) is 7.63. The quantitative estimate of drug-likeness (QED) is 0.838. The minimum Gasteiger partial charge on any atom is -0.313 e. The third-order valence-electron chi connectivity index (χ3n) is 2.73. The van der Waals surface area contributed by atoms with Gasteiger partial charge >= 0.3 is 0 Å². The van der Waals surface area contributed by atoms with E-state index in [1.807, 2.05) is 18.6 Å². The Morgan fingerprint density at radius 2 is 2.12 bits per heavy atom. The van der Waals surface area contributed by atoms with Gasteiger partial charge in [-0.3, -0.25) is 0 Å². The van der Waals surface area contributed by atoms with Gasteiger partial charge in [-0.25, -0.2) is 4.98 Å². The molecule has 17 heavy (non-hydrogen) atoms. The van der Waals surface area contributed by atoms with Crippen molar-refractivity contribution >= 4 is 23.1 Å².